The Bertz CT molecular complexity index is 387. The number of hydrogen-bond donors (Lipinski definition) is 3. The van der Waals surface area contributed by atoms with E-state index < -0.39 is 17.6 Å². The van der Waals surface area contributed by atoms with Crippen LogP contribution in [-0.4, -0.2) is 21.7 Å². The van der Waals surface area contributed by atoms with Crippen molar-refractivity contribution in [3.05, 3.63) is 29.8 Å². The molecular formula is C10H11NO3. The fraction of sp³-hybridized carbons (Fsp3) is 0.300. The second-order valence-corrected chi connectivity index (χ2v) is 3.59. The van der Waals surface area contributed by atoms with Crippen LogP contribution in [0.5, 0.6) is 0 Å². The molecule has 1 aliphatic heterocycles. The molecule has 14 heavy (non-hydrogen) atoms. The molecule has 2 unspecified atom stereocenters. The van der Waals surface area contributed by atoms with Gasteiger partial charge in [0.25, 0.3) is 5.91 Å². The van der Waals surface area contributed by atoms with Gasteiger partial charge in [0.15, 0.2) is 5.60 Å². The second kappa shape index (κ2) is 2.80. The maximum absolute atomic E-state index is 11.4. The first-order valence-electron chi connectivity index (χ1n) is 4.34. The number of carbonyl (C=O) groups excluding carboxylic acids is 1. The zero-order chi connectivity index (χ0) is 10.3. The average Bonchev–Trinajstić information content (AvgIpc) is 2.15. The van der Waals surface area contributed by atoms with Crippen molar-refractivity contribution in [2.75, 3.05) is 5.32 Å². The summed E-state index contributed by atoms with van der Waals surface area (Å²) in [7, 11) is 0. The minimum absolute atomic E-state index is 0.539. The van der Waals surface area contributed by atoms with Crippen LogP contribution in [0.1, 0.15) is 18.6 Å². The molecule has 0 radical (unpaired) electrons. The number of aliphatic hydroxyl groups is 2. The zero-order valence-corrected chi connectivity index (χ0v) is 7.69. The van der Waals surface area contributed by atoms with Crippen LogP contribution in [0, 0.1) is 0 Å². The van der Waals surface area contributed by atoms with Crippen molar-refractivity contribution in [1.82, 2.24) is 0 Å². The molecule has 1 heterocycles. The normalized spacial score (nSPS) is 30.8. The highest BCUT2D eigenvalue weighted by atomic mass is 16.4. The first-order chi connectivity index (χ1) is 6.53. The van der Waals surface area contributed by atoms with Crippen LogP contribution in [-0.2, 0) is 4.79 Å². The molecule has 4 heteroatoms. The van der Waals surface area contributed by atoms with Crippen LogP contribution in [0.3, 0.4) is 0 Å². The molecule has 2 atom stereocenters. The molecule has 0 aromatic heterocycles. The Balaban J connectivity index is 2.55. The number of rotatable bonds is 0. The third-order valence-electron chi connectivity index (χ3n) is 2.50. The summed E-state index contributed by atoms with van der Waals surface area (Å²) in [5.41, 5.74) is -0.664. The standard InChI is InChI=1S/C10H11NO3/c1-10(14)8(12)6-4-2-3-5-7(6)11-9(10)13/h2-5,8,12,14H,1H3,(H,11,13). The van der Waals surface area contributed by atoms with E-state index in [1.165, 1.54) is 6.92 Å². The minimum atomic E-state index is -1.76. The molecule has 74 valence electrons. The largest absolute Gasteiger partial charge is 0.385 e. The van der Waals surface area contributed by atoms with Crippen molar-refractivity contribution < 1.29 is 15.0 Å². The molecule has 3 N–H and O–H groups in total. The lowest BCUT2D eigenvalue weighted by Crippen LogP contribution is -2.48. The van der Waals surface area contributed by atoms with Gasteiger partial charge in [0.1, 0.15) is 6.10 Å². The lowest BCUT2D eigenvalue weighted by Gasteiger charge is -2.33. The molecular weight excluding hydrogens is 182 g/mol. The maximum Gasteiger partial charge on any atom is 0.259 e. The van der Waals surface area contributed by atoms with E-state index in [1.807, 2.05) is 0 Å². The summed E-state index contributed by atoms with van der Waals surface area (Å²) in [5.74, 6) is -0.580. The number of para-hydroxylation sites is 1. The van der Waals surface area contributed by atoms with Crippen LogP contribution in [0.2, 0.25) is 0 Å². The van der Waals surface area contributed by atoms with Gasteiger partial charge in [0, 0.05) is 11.3 Å². The molecule has 0 spiro atoms. The molecule has 2 rings (SSSR count). The number of hydrogen-bond acceptors (Lipinski definition) is 3. The Morgan fingerprint density at radius 1 is 1.43 bits per heavy atom. The number of carbonyl (C=O) groups is 1. The highest BCUT2D eigenvalue weighted by Crippen LogP contribution is 2.35. The minimum Gasteiger partial charge on any atom is -0.385 e. The van der Waals surface area contributed by atoms with E-state index in [2.05, 4.69) is 5.32 Å². The molecule has 0 saturated heterocycles. The summed E-state index contributed by atoms with van der Waals surface area (Å²) < 4.78 is 0. The summed E-state index contributed by atoms with van der Waals surface area (Å²) in [6.45, 7) is 1.29. The molecule has 1 amide bonds. The van der Waals surface area contributed by atoms with Gasteiger partial charge < -0.3 is 15.5 Å². The van der Waals surface area contributed by atoms with E-state index in [1.54, 1.807) is 24.3 Å². The van der Waals surface area contributed by atoms with Gasteiger partial charge in [-0.2, -0.15) is 0 Å². The van der Waals surface area contributed by atoms with Gasteiger partial charge in [-0.25, -0.2) is 0 Å². The molecule has 0 aliphatic carbocycles. The lowest BCUT2D eigenvalue weighted by atomic mass is 9.87. The van der Waals surface area contributed by atoms with Crippen molar-refractivity contribution >= 4 is 11.6 Å². The van der Waals surface area contributed by atoms with Gasteiger partial charge in [-0.3, -0.25) is 4.79 Å². The van der Waals surface area contributed by atoms with Crippen LogP contribution < -0.4 is 5.32 Å². The van der Waals surface area contributed by atoms with Crippen LogP contribution in [0.25, 0.3) is 0 Å². The molecule has 0 saturated carbocycles. The summed E-state index contributed by atoms with van der Waals surface area (Å²) in [6.07, 6.45) is -1.17. The number of nitrogens with one attached hydrogen (secondary N) is 1. The number of amides is 1. The summed E-state index contributed by atoms with van der Waals surface area (Å²) in [4.78, 5) is 11.4. The molecule has 0 fully saturated rings. The van der Waals surface area contributed by atoms with Crippen LogP contribution >= 0.6 is 0 Å². The topological polar surface area (TPSA) is 69.6 Å². The van der Waals surface area contributed by atoms with E-state index in [-0.39, 0.29) is 0 Å². The highest BCUT2D eigenvalue weighted by molar-refractivity contribution is 6.00. The predicted molar refractivity (Wildman–Crippen MR) is 50.7 cm³/mol. The van der Waals surface area contributed by atoms with Gasteiger partial charge in [-0.15, -0.1) is 0 Å². The Morgan fingerprint density at radius 2 is 2.07 bits per heavy atom. The molecule has 1 aromatic carbocycles. The van der Waals surface area contributed by atoms with E-state index in [0.29, 0.717) is 11.3 Å². The summed E-state index contributed by atoms with van der Waals surface area (Å²) >= 11 is 0. The third kappa shape index (κ3) is 1.12. The number of benzene rings is 1. The molecule has 4 nitrogen and oxygen atoms in total. The Hall–Kier alpha value is -1.39. The van der Waals surface area contributed by atoms with Gasteiger partial charge in [-0.05, 0) is 13.0 Å². The van der Waals surface area contributed by atoms with Crippen molar-refractivity contribution in [3.8, 4) is 0 Å². The zero-order valence-electron chi connectivity index (χ0n) is 7.69. The average molecular weight is 193 g/mol. The van der Waals surface area contributed by atoms with E-state index >= 15 is 0 Å². The third-order valence-corrected chi connectivity index (χ3v) is 2.50. The molecule has 1 aromatic rings. The molecule has 0 bridgehead atoms. The van der Waals surface area contributed by atoms with Gasteiger partial charge in [-0.1, -0.05) is 18.2 Å². The van der Waals surface area contributed by atoms with E-state index in [0.717, 1.165) is 0 Å². The number of fused-ring (bicyclic) bond motifs is 1. The van der Waals surface area contributed by atoms with E-state index in [4.69, 9.17) is 0 Å². The maximum atomic E-state index is 11.4. The highest BCUT2D eigenvalue weighted by Gasteiger charge is 2.43. The Kier molecular flexibility index (Phi) is 1.83. The SMILES string of the molecule is CC1(O)C(=O)Nc2ccccc2C1O. The van der Waals surface area contributed by atoms with E-state index in [9.17, 15) is 15.0 Å². The van der Waals surface area contributed by atoms with Crippen molar-refractivity contribution in [3.63, 3.8) is 0 Å². The van der Waals surface area contributed by atoms with Gasteiger partial charge in [0.2, 0.25) is 0 Å². The Labute approximate surface area is 81.2 Å². The molecule has 1 aliphatic rings. The Morgan fingerprint density at radius 3 is 2.79 bits per heavy atom. The van der Waals surface area contributed by atoms with Crippen LogP contribution in [0.4, 0.5) is 5.69 Å². The monoisotopic (exact) mass is 193 g/mol. The number of anilines is 1. The fourth-order valence-corrected chi connectivity index (χ4v) is 1.53. The quantitative estimate of drug-likeness (QED) is 0.559. The summed E-state index contributed by atoms with van der Waals surface area (Å²) in [5, 5.41) is 22.0. The fourth-order valence-electron chi connectivity index (χ4n) is 1.53. The summed E-state index contributed by atoms with van der Waals surface area (Å²) in [6, 6.07) is 6.86. The van der Waals surface area contributed by atoms with Crippen molar-refractivity contribution in [2.45, 2.75) is 18.6 Å². The van der Waals surface area contributed by atoms with Gasteiger partial charge >= 0.3 is 0 Å². The van der Waals surface area contributed by atoms with Crippen LogP contribution in [0.15, 0.2) is 24.3 Å². The second-order valence-electron chi connectivity index (χ2n) is 3.59. The first kappa shape index (κ1) is 9.18. The van der Waals surface area contributed by atoms with Crippen molar-refractivity contribution in [1.29, 1.82) is 0 Å². The predicted octanol–water partition coefficient (Wildman–Crippen LogP) is 0.423. The van der Waals surface area contributed by atoms with Crippen molar-refractivity contribution in [2.24, 2.45) is 0 Å². The lowest BCUT2D eigenvalue weighted by molar-refractivity contribution is -0.146. The first-order valence-corrected chi connectivity index (χ1v) is 4.34. The smallest absolute Gasteiger partial charge is 0.259 e. The number of aliphatic hydroxyl groups excluding tert-OH is 1. The van der Waals surface area contributed by atoms with Gasteiger partial charge in [0.05, 0.1) is 0 Å².